The first kappa shape index (κ1) is 25.2. The number of ether oxygens (including phenoxy) is 1. The fraction of sp³-hybridized carbons (Fsp3) is 0.462. The number of anilines is 1. The Labute approximate surface area is 201 Å². The number of rotatable bonds is 8. The smallest absolute Gasteiger partial charge is 0.251 e. The van der Waals surface area contributed by atoms with Crippen LogP contribution >= 0.6 is 0 Å². The largest absolute Gasteiger partial charge is 0.494 e. The van der Waals surface area contributed by atoms with Gasteiger partial charge in [0.15, 0.2) is 0 Å². The van der Waals surface area contributed by atoms with Gasteiger partial charge in [-0.05, 0) is 69.0 Å². The van der Waals surface area contributed by atoms with Crippen LogP contribution in [0, 0.1) is 18.8 Å². The molecule has 2 unspecified atom stereocenters. The highest BCUT2D eigenvalue weighted by Crippen LogP contribution is 2.21. The lowest BCUT2D eigenvalue weighted by molar-refractivity contribution is -0.137. The molecular formula is C26H34N4O4. The van der Waals surface area contributed by atoms with E-state index in [0.717, 1.165) is 12.1 Å². The standard InChI is InChI=1S/C26H34N4O4/c1-5-34-21-13-11-19(12-14-21)24(31)29-23(17(2)3)26(33)30-15-7-9-20(16-30)25(32)28-22-10-6-8-18(4)27-22/h6,8,10-14,17,20,23H,5,7,9,15-16H2,1-4H3,(H,29,31)(H,27,28,32). The predicted octanol–water partition coefficient (Wildman–Crippen LogP) is 3.42. The van der Waals surface area contributed by atoms with Crippen molar-refractivity contribution in [2.45, 2.75) is 46.6 Å². The van der Waals surface area contributed by atoms with Gasteiger partial charge in [-0.2, -0.15) is 0 Å². The number of likely N-dealkylation sites (tertiary alicyclic amines) is 1. The topological polar surface area (TPSA) is 101 Å². The highest BCUT2D eigenvalue weighted by atomic mass is 16.5. The fourth-order valence-electron chi connectivity index (χ4n) is 4.04. The molecule has 2 N–H and O–H groups in total. The average Bonchev–Trinajstić information content (AvgIpc) is 2.82. The Bertz CT molecular complexity index is 1010. The number of piperidine rings is 1. The Hall–Kier alpha value is -3.42. The third-order valence-corrected chi connectivity index (χ3v) is 5.89. The molecule has 1 aliphatic heterocycles. The molecule has 0 spiro atoms. The summed E-state index contributed by atoms with van der Waals surface area (Å²) in [5.41, 5.74) is 1.28. The number of carbonyl (C=O) groups is 3. The van der Waals surface area contributed by atoms with E-state index in [-0.39, 0.29) is 29.6 Å². The van der Waals surface area contributed by atoms with E-state index in [1.807, 2.05) is 39.8 Å². The van der Waals surface area contributed by atoms with Gasteiger partial charge in [-0.3, -0.25) is 14.4 Å². The van der Waals surface area contributed by atoms with Crippen molar-refractivity contribution >= 4 is 23.5 Å². The summed E-state index contributed by atoms with van der Waals surface area (Å²) in [5.74, 6) is 0.146. The van der Waals surface area contributed by atoms with Crippen LogP contribution in [0.5, 0.6) is 5.75 Å². The lowest BCUT2D eigenvalue weighted by Crippen LogP contribution is -2.54. The Morgan fingerprint density at radius 3 is 2.53 bits per heavy atom. The number of amides is 3. The van der Waals surface area contributed by atoms with E-state index in [2.05, 4.69) is 15.6 Å². The fourth-order valence-corrected chi connectivity index (χ4v) is 4.04. The summed E-state index contributed by atoms with van der Waals surface area (Å²) in [4.78, 5) is 45.0. The van der Waals surface area contributed by atoms with E-state index in [9.17, 15) is 14.4 Å². The Morgan fingerprint density at radius 1 is 1.15 bits per heavy atom. The number of hydrogen-bond acceptors (Lipinski definition) is 5. The molecule has 1 fully saturated rings. The molecule has 3 rings (SSSR count). The predicted molar refractivity (Wildman–Crippen MR) is 131 cm³/mol. The minimum absolute atomic E-state index is 0.107. The van der Waals surface area contributed by atoms with Gasteiger partial charge in [-0.25, -0.2) is 4.98 Å². The molecule has 182 valence electrons. The summed E-state index contributed by atoms with van der Waals surface area (Å²) >= 11 is 0. The minimum atomic E-state index is -0.681. The lowest BCUT2D eigenvalue weighted by atomic mass is 9.94. The van der Waals surface area contributed by atoms with E-state index < -0.39 is 6.04 Å². The highest BCUT2D eigenvalue weighted by Gasteiger charge is 2.34. The van der Waals surface area contributed by atoms with Crippen molar-refractivity contribution in [1.82, 2.24) is 15.2 Å². The average molecular weight is 467 g/mol. The van der Waals surface area contributed by atoms with Gasteiger partial charge in [0.25, 0.3) is 5.91 Å². The van der Waals surface area contributed by atoms with E-state index in [1.54, 1.807) is 35.2 Å². The quantitative estimate of drug-likeness (QED) is 0.621. The highest BCUT2D eigenvalue weighted by molar-refractivity contribution is 5.98. The normalized spacial score (nSPS) is 16.6. The molecule has 1 saturated heterocycles. The van der Waals surface area contributed by atoms with Crippen molar-refractivity contribution in [1.29, 1.82) is 0 Å². The molecule has 1 aliphatic rings. The molecule has 8 heteroatoms. The van der Waals surface area contributed by atoms with E-state index >= 15 is 0 Å². The van der Waals surface area contributed by atoms with Crippen LogP contribution in [-0.4, -0.2) is 53.3 Å². The second kappa shape index (κ2) is 11.6. The van der Waals surface area contributed by atoms with Crippen molar-refractivity contribution in [3.8, 4) is 5.75 Å². The van der Waals surface area contributed by atoms with Crippen molar-refractivity contribution in [2.75, 3.05) is 25.0 Å². The van der Waals surface area contributed by atoms with E-state index in [1.165, 1.54) is 0 Å². The summed E-state index contributed by atoms with van der Waals surface area (Å²) in [6, 6.07) is 11.6. The van der Waals surface area contributed by atoms with Crippen LogP contribution in [0.25, 0.3) is 0 Å². The molecule has 0 aliphatic carbocycles. The molecule has 3 amide bonds. The van der Waals surface area contributed by atoms with Crippen LogP contribution in [0.15, 0.2) is 42.5 Å². The summed E-state index contributed by atoms with van der Waals surface area (Å²) in [7, 11) is 0. The molecule has 1 aromatic carbocycles. The molecule has 34 heavy (non-hydrogen) atoms. The monoisotopic (exact) mass is 466 g/mol. The van der Waals surface area contributed by atoms with Gasteiger partial charge in [0.2, 0.25) is 11.8 Å². The first-order chi connectivity index (χ1) is 16.3. The molecule has 2 aromatic rings. The second-order valence-electron chi connectivity index (χ2n) is 8.93. The minimum Gasteiger partial charge on any atom is -0.494 e. The molecule has 0 bridgehead atoms. The van der Waals surface area contributed by atoms with Crippen LogP contribution in [0.3, 0.4) is 0 Å². The zero-order valence-electron chi connectivity index (χ0n) is 20.3. The number of nitrogens with one attached hydrogen (secondary N) is 2. The maximum absolute atomic E-state index is 13.4. The number of hydrogen-bond donors (Lipinski definition) is 2. The molecule has 0 radical (unpaired) electrons. The van der Waals surface area contributed by atoms with Gasteiger partial charge >= 0.3 is 0 Å². The number of carbonyl (C=O) groups excluding carboxylic acids is 3. The second-order valence-corrected chi connectivity index (χ2v) is 8.93. The third-order valence-electron chi connectivity index (χ3n) is 5.89. The number of pyridine rings is 1. The molecule has 8 nitrogen and oxygen atoms in total. The third kappa shape index (κ3) is 6.56. The van der Waals surface area contributed by atoms with Crippen molar-refractivity contribution in [3.05, 3.63) is 53.7 Å². The van der Waals surface area contributed by atoms with Gasteiger partial charge in [-0.1, -0.05) is 19.9 Å². The summed E-state index contributed by atoms with van der Waals surface area (Å²) in [6.07, 6.45) is 1.43. The molecular weight excluding hydrogens is 432 g/mol. The number of nitrogens with zero attached hydrogens (tertiary/aromatic N) is 2. The first-order valence-electron chi connectivity index (χ1n) is 11.9. The van der Waals surface area contributed by atoms with Crippen LogP contribution in [0.2, 0.25) is 0 Å². The van der Waals surface area contributed by atoms with Crippen LogP contribution < -0.4 is 15.4 Å². The van der Waals surface area contributed by atoms with Gasteiger partial charge in [-0.15, -0.1) is 0 Å². The van der Waals surface area contributed by atoms with Gasteiger partial charge in [0, 0.05) is 24.3 Å². The number of aryl methyl sites for hydroxylation is 1. The molecule has 2 atom stereocenters. The maximum Gasteiger partial charge on any atom is 0.251 e. The zero-order valence-corrected chi connectivity index (χ0v) is 20.3. The molecule has 2 heterocycles. The van der Waals surface area contributed by atoms with Crippen LogP contribution in [-0.2, 0) is 9.59 Å². The summed E-state index contributed by atoms with van der Waals surface area (Å²) in [5, 5.41) is 5.75. The van der Waals surface area contributed by atoms with Gasteiger partial charge < -0.3 is 20.3 Å². The van der Waals surface area contributed by atoms with Crippen molar-refractivity contribution < 1.29 is 19.1 Å². The Kier molecular flexibility index (Phi) is 8.62. The summed E-state index contributed by atoms with van der Waals surface area (Å²) in [6.45, 7) is 8.99. The van der Waals surface area contributed by atoms with Gasteiger partial charge in [0.05, 0.1) is 12.5 Å². The maximum atomic E-state index is 13.4. The van der Waals surface area contributed by atoms with Crippen LogP contribution in [0.1, 0.15) is 49.7 Å². The summed E-state index contributed by atoms with van der Waals surface area (Å²) < 4.78 is 5.42. The van der Waals surface area contributed by atoms with Crippen molar-refractivity contribution in [3.63, 3.8) is 0 Å². The van der Waals surface area contributed by atoms with Crippen molar-refractivity contribution in [2.24, 2.45) is 11.8 Å². The van der Waals surface area contributed by atoms with Gasteiger partial charge in [0.1, 0.15) is 17.6 Å². The zero-order chi connectivity index (χ0) is 24.7. The Morgan fingerprint density at radius 2 is 1.88 bits per heavy atom. The Balaban J connectivity index is 1.63. The molecule has 0 saturated carbocycles. The number of benzene rings is 1. The van der Waals surface area contributed by atoms with Crippen LogP contribution in [0.4, 0.5) is 5.82 Å². The first-order valence-corrected chi connectivity index (χ1v) is 11.9. The van der Waals surface area contributed by atoms with E-state index in [4.69, 9.17) is 4.74 Å². The number of aromatic nitrogens is 1. The molecule has 1 aromatic heterocycles. The van der Waals surface area contributed by atoms with E-state index in [0.29, 0.717) is 43.2 Å². The SMILES string of the molecule is CCOc1ccc(C(=O)NC(C(=O)N2CCCC(C(=O)Nc3cccc(C)n3)C2)C(C)C)cc1. The lowest BCUT2D eigenvalue weighted by Gasteiger charge is -2.35.